The van der Waals surface area contributed by atoms with Crippen LogP contribution in [-0.4, -0.2) is 16.9 Å². The van der Waals surface area contributed by atoms with Crippen molar-refractivity contribution in [1.82, 2.24) is 4.98 Å². The molecule has 1 heterocycles. The maximum Gasteiger partial charge on any atom is 0.126 e. The Morgan fingerprint density at radius 3 is 2.58 bits per heavy atom. The van der Waals surface area contributed by atoms with E-state index in [9.17, 15) is 0 Å². The molecule has 2 nitrogen and oxygen atoms in total. The fraction of sp³-hybridized carbons (Fsp3) is 0.267. The highest BCUT2D eigenvalue weighted by molar-refractivity contribution is 9.10. The predicted molar refractivity (Wildman–Crippen MR) is 85.0 cm³/mol. The van der Waals surface area contributed by atoms with E-state index >= 15 is 0 Å². The first-order chi connectivity index (χ1) is 9.19. The molecule has 0 aliphatic carbocycles. The van der Waals surface area contributed by atoms with Crippen molar-refractivity contribution in [3.8, 4) is 0 Å². The molecular formula is C15H16BrClN2. The van der Waals surface area contributed by atoms with E-state index in [-0.39, 0.29) is 6.04 Å². The van der Waals surface area contributed by atoms with Crippen LogP contribution in [0.3, 0.4) is 0 Å². The minimum absolute atomic E-state index is 0.178. The van der Waals surface area contributed by atoms with Crippen molar-refractivity contribution in [2.75, 3.05) is 11.2 Å². The van der Waals surface area contributed by atoms with Gasteiger partial charge in [-0.25, -0.2) is 4.98 Å². The zero-order chi connectivity index (χ0) is 13.7. The zero-order valence-corrected chi connectivity index (χ0v) is 13.1. The molecule has 1 unspecified atom stereocenters. The van der Waals surface area contributed by atoms with Gasteiger partial charge in [0.1, 0.15) is 5.82 Å². The fourth-order valence-electron chi connectivity index (χ4n) is 1.88. The van der Waals surface area contributed by atoms with Gasteiger partial charge in [0.15, 0.2) is 0 Å². The molecule has 0 saturated carbocycles. The van der Waals surface area contributed by atoms with Crippen LogP contribution < -0.4 is 5.32 Å². The number of hydrogen-bond acceptors (Lipinski definition) is 2. The highest BCUT2D eigenvalue weighted by Crippen LogP contribution is 2.17. The van der Waals surface area contributed by atoms with Gasteiger partial charge in [-0.15, -0.1) is 11.6 Å². The van der Waals surface area contributed by atoms with E-state index in [1.807, 2.05) is 37.3 Å². The molecule has 0 aliphatic heterocycles. The minimum atomic E-state index is 0.178. The number of nitrogens with zero attached hydrogens (tertiary/aromatic N) is 1. The molecular weight excluding hydrogens is 324 g/mol. The van der Waals surface area contributed by atoms with Crippen LogP contribution in [0.1, 0.15) is 11.3 Å². The van der Waals surface area contributed by atoms with E-state index in [1.165, 1.54) is 5.56 Å². The minimum Gasteiger partial charge on any atom is -0.366 e. The van der Waals surface area contributed by atoms with Gasteiger partial charge in [0.2, 0.25) is 0 Å². The topological polar surface area (TPSA) is 24.9 Å². The molecule has 4 heteroatoms. The van der Waals surface area contributed by atoms with Gasteiger partial charge in [0.25, 0.3) is 0 Å². The molecule has 0 aliphatic rings. The molecule has 2 aromatic rings. The van der Waals surface area contributed by atoms with E-state index in [1.54, 1.807) is 0 Å². The lowest BCUT2D eigenvalue weighted by molar-refractivity contribution is 0.790. The van der Waals surface area contributed by atoms with Crippen molar-refractivity contribution >= 4 is 33.3 Å². The van der Waals surface area contributed by atoms with Crippen molar-refractivity contribution < 1.29 is 0 Å². The Hall–Kier alpha value is -1.06. The highest BCUT2D eigenvalue weighted by atomic mass is 79.9. The normalized spacial score (nSPS) is 12.2. The van der Waals surface area contributed by atoms with Gasteiger partial charge in [0, 0.05) is 16.4 Å². The molecule has 1 aromatic heterocycles. The van der Waals surface area contributed by atoms with E-state index in [0.29, 0.717) is 5.88 Å². The lowest BCUT2D eigenvalue weighted by atomic mass is 10.1. The summed E-state index contributed by atoms with van der Waals surface area (Å²) in [6, 6.07) is 14.5. The smallest absolute Gasteiger partial charge is 0.126 e. The molecule has 0 saturated heterocycles. The summed E-state index contributed by atoms with van der Waals surface area (Å²) in [4.78, 5) is 4.49. The van der Waals surface area contributed by atoms with Crippen LogP contribution in [0.2, 0.25) is 0 Å². The van der Waals surface area contributed by atoms with E-state index in [2.05, 4.69) is 38.4 Å². The molecule has 1 aromatic carbocycles. The second-order valence-corrected chi connectivity index (χ2v) is 5.61. The van der Waals surface area contributed by atoms with Crippen molar-refractivity contribution in [3.63, 3.8) is 0 Å². The summed E-state index contributed by atoms with van der Waals surface area (Å²) in [5, 5.41) is 3.38. The Kier molecular flexibility index (Phi) is 5.23. The summed E-state index contributed by atoms with van der Waals surface area (Å²) in [7, 11) is 0. The average Bonchev–Trinajstić information content (AvgIpc) is 2.43. The Balaban J connectivity index is 2.04. The largest absolute Gasteiger partial charge is 0.366 e. The Morgan fingerprint density at radius 1 is 1.21 bits per heavy atom. The van der Waals surface area contributed by atoms with E-state index in [0.717, 1.165) is 22.4 Å². The Morgan fingerprint density at radius 2 is 1.95 bits per heavy atom. The lowest BCUT2D eigenvalue weighted by Gasteiger charge is -2.17. The summed E-state index contributed by atoms with van der Waals surface area (Å²) < 4.78 is 1.02. The molecule has 2 rings (SSSR count). The monoisotopic (exact) mass is 338 g/mol. The van der Waals surface area contributed by atoms with Crippen LogP contribution >= 0.6 is 27.5 Å². The first-order valence-corrected chi connectivity index (χ1v) is 7.51. The molecule has 0 spiro atoms. The third kappa shape index (κ3) is 4.22. The molecule has 0 fully saturated rings. The number of hydrogen-bond donors (Lipinski definition) is 1. The molecule has 1 N–H and O–H groups in total. The van der Waals surface area contributed by atoms with Crippen LogP contribution in [0.25, 0.3) is 0 Å². The second-order valence-electron chi connectivity index (χ2n) is 4.45. The summed E-state index contributed by atoms with van der Waals surface area (Å²) in [5.41, 5.74) is 2.24. The van der Waals surface area contributed by atoms with E-state index in [4.69, 9.17) is 11.6 Å². The highest BCUT2D eigenvalue weighted by Gasteiger charge is 2.09. The number of rotatable bonds is 5. The van der Waals surface area contributed by atoms with E-state index < -0.39 is 0 Å². The van der Waals surface area contributed by atoms with Gasteiger partial charge in [0.05, 0.1) is 5.69 Å². The van der Waals surface area contributed by atoms with Crippen LogP contribution in [0.4, 0.5) is 5.82 Å². The Labute approximate surface area is 127 Å². The van der Waals surface area contributed by atoms with Gasteiger partial charge in [-0.2, -0.15) is 0 Å². The maximum absolute atomic E-state index is 6.04. The van der Waals surface area contributed by atoms with Gasteiger partial charge in [-0.3, -0.25) is 0 Å². The summed E-state index contributed by atoms with van der Waals surface area (Å²) in [6.45, 7) is 1.97. The standard InChI is InChI=1S/C15H16BrClN2/c1-11-14(16)7-8-15(18-11)19-13(10-17)9-12-5-3-2-4-6-12/h2-8,13H,9-10H2,1H3,(H,18,19). The van der Waals surface area contributed by atoms with Crippen molar-refractivity contribution in [2.45, 2.75) is 19.4 Å². The zero-order valence-electron chi connectivity index (χ0n) is 10.7. The summed E-state index contributed by atoms with van der Waals surface area (Å²) >= 11 is 9.49. The molecule has 19 heavy (non-hydrogen) atoms. The quantitative estimate of drug-likeness (QED) is 0.816. The first-order valence-electron chi connectivity index (χ1n) is 6.18. The number of pyridine rings is 1. The van der Waals surface area contributed by atoms with Gasteiger partial charge in [-0.1, -0.05) is 30.3 Å². The van der Waals surface area contributed by atoms with Gasteiger partial charge in [-0.05, 0) is 47.0 Å². The van der Waals surface area contributed by atoms with Crippen LogP contribution in [0, 0.1) is 6.92 Å². The number of anilines is 1. The molecule has 0 amide bonds. The lowest BCUT2D eigenvalue weighted by Crippen LogP contribution is -2.24. The number of halogens is 2. The fourth-order valence-corrected chi connectivity index (χ4v) is 2.28. The maximum atomic E-state index is 6.04. The van der Waals surface area contributed by atoms with Crippen LogP contribution in [0.5, 0.6) is 0 Å². The van der Waals surface area contributed by atoms with Gasteiger partial charge < -0.3 is 5.32 Å². The number of aryl methyl sites for hydroxylation is 1. The molecule has 0 bridgehead atoms. The number of nitrogens with one attached hydrogen (secondary N) is 1. The number of benzene rings is 1. The van der Waals surface area contributed by atoms with Crippen molar-refractivity contribution in [2.24, 2.45) is 0 Å². The van der Waals surface area contributed by atoms with Crippen molar-refractivity contribution in [1.29, 1.82) is 0 Å². The molecule has 1 atom stereocenters. The molecule has 0 radical (unpaired) electrons. The second kappa shape index (κ2) is 6.92. The first kappa shape index (κ1) is 14.4. The van der Waals surface area contributed by atoms with Crippen molar-refractivity contribution in [3.05, 3.63) is 58.2 Å². The molecule has 100 valence electrons. The average molecular weight is 340 g/mol. The van der Waals surface area contributed by atoms with Gasteiger partial charge >= 0.3 is 0 Å². The predicted octanol–water partition coefficient (Wildman–Crippen LogP) is 4.41. The van der Waals surface area contributed by atoms with Crippen LogP contribution in [-0.2, 0) is 6.42 Å². The Bertz CT molecular complexity index is 531. The third-order valence-electron chi connectivity index (χ3n) is 2.88. The third-order valence-corrected chi connectivity index (χ3v) is 4.10. The summed E-state index contributed by atoms with van der Waals surface area (Å²) in [5.74, 6) is 1.41. The SMILES string of the molecule is Cc1nc(NC(CCl)Cc2ccccc2)ccc1Br. The van der Waals surface area contributed by atoms with Crippen LogP contribution in [0.15, 0.2) is 46.9 Å². The summed E-state index contributed by atoms with van der Waals surface area (Å²) in [6.07, 6.45) is 0.890. The number of alkyl halides is 1. The number of aromatic nitrogens is 1.